The number of nitrogens with one attached hydrogen (secondary N) is 2. The highest BCUT2D eigenvalue weighted by Crippen LogP contribution is 2.29. The molecule has 0 saturated heterocycles. The maximum absolute atomic E-state index is 13.4. The third-order valence-corrected chi connectivity index (χ3v) is 6.78. The number of aliphatic carboxylic acids is 2. The van der Waals surface area contributed by atoms with Gasteiger partial charge in [0.25, 0.3) is 6.10 Å². The summed E-state index contributed by atoms with van der Waals surface area (Å²) in [5.74, 6) is -4.01. The van der Waals surface area contributed by atoms with Crippen LogP contribution in [0.1, 0.15) is 27.2 Å². The van der Waals surface area contributed by atoms with Gasteiger partial charge in [-0.1, -0.05) is 60.7 Å². The van der Waals surface area contributed by atoms with Gasteiger partial charge in [-0.3, -0.25) is 4.79 Å². The van der Waals surface area contributed by atoms with Gasteiger partial charge in [-0.2, -0.15) is 0 Å². The first-order chi connectivity index (χ1) is 17.6. The number of aromatic nitrogens is 1. The van der Waals surface area contributed by atoms with Crippen LogP contribution in [0.25, 0.3) is 10.9 Å². The Morgan fingerprint density at radius 3 is 2.14 bits per heavy atom. The Hall–Kier alpha value is -4.48. The fourth-order valence-corrected chi connectivity index (χ4v) is 4.90. The van der Waals surface area contributed by atoms with E-state index in [1.807, 2.05) is 0 Å². The molecule has 0 radical (unpaired) electrons. The Morgan fingerprint density at radius 1 is 0.892 bits per heavy atom. The quantitative estimate of drug-likeness (QED) is 0.173. The second kappa shape index (κ2) is 10.6. The highest BCUT2D eigenvalue weighted by Gasteiger charge is 2.28. The second-order valence-electron chi connectivity index (χ2n) is 8.12. The van der Waals surface area contributed by atoms with Crippen molar-refractivity contribution in [1.82, 2.24) is 9.71 Å². The zero-order valence-electron chi connectivity index (χ0n) is 19.2. The number of carbonyl (C=O) groups is 3. The van der Waals surface area contributed by atoms with Crippen molar-refractivity contribution in [1.29, 1.82) is 0 Å². The summed E-state index contributed by atoms with van der Waals surface area (Å²) in [4.78, 5) is 38.8. The van der Waals surface area contributed by atoms with Crippen LogP contribution in [0.4, 0.5) is 0 Å². The molecule has 4 aromatic rings. The maximum atomic E-state index is 13.4. The number of aromatic amines is 1. The number of ether oxygens (including phenoxy) is 1. The average Bonchev–Trinajstić information content (AvgIpc) is 3.24. The topological polar surface area (TPSA) is 163 Å². The third kappa shape index (κ3) is 6.02. The number of sulfonamides is 1. The number of hydrogen-bond donors (Lipinski definition) is 4. The van der Waals surface area contributed by atoms with E-state index in [-0.39, 0.29) is 35.1 Å². The molecule has 4 N–H and O–H groups in total. The highest BCUT2D eigenvalue weighted by molar-refractivity contribution is 7.88. The molecular weight excluding hydrogens is 500 g/mol. The lowest BCUT2D eigenvalue weighted by molar-refractivity contribution is -0.159. The van der Waals surface area contributed by atoms with E-state index in [0.717, 1.165) is 0 Å². The van der Waals surface area contributed by atoms with Gasteiger partial charge < -0.3 is 19.9 Å². The molecule has 37 heavy (non-hydrogen) atoms. The fourth-order valence-electron chi connectivity index (χ4n) is 3.80. The smallest absolute Gasteiger partial charge is 0.356 e. The van der Waals surface area contributed by atoms with Crippen molar-refractivity contribution in [3.05, 3.63) is 101 Å². The fraction of sp³-hybridized carbons (Fsp3) is 0.115. The van der Waals surface area contributed by atoms with Crippen LogP contribution in [0.2, 0.25) is 0 Å². The van der Waals surface area contributed by atoms with Crippen LogP contribution in [-0.4, -0.2) is 47.4 Å². The Balaban J connectivity index is 1.69. The van der Waals surface area contributed by atoms with Gasteiger partial charge in [-0.15, -0.1) is 0 Å². The molecule has 0 atom stereocenters. The molecule has 0 aliphatic heterocycles. The second-order valence-corrected chi connectivity index (χ2v) is 9.93. The minimum absolute atomic E-state index is 0.0570. The lowest BCUT2D eigenvalue weighted by atomic mass is 10.00. The average molecular weight is 523 g/mol. The molecule has 1 heterocycles. The number of ketones is 1. The molecule has 0 saturated carbocycles. The predicted octanol–water partition coefficient (Wildman–Crippen LogP) is 2.94. The Kier molecular flexibility index (Phi) is 7.37. The van der Waals surface area contributed by atoms with E-state index >= 15 is 0 Å². The van der Waals surface area contributed by atoms with Gasteiger partial charge in [0.2, 0.25) is 10.0 Å². The van der Waals surface area contributed by atoms with Crippen molar-refractivity contribution < 1.29 is 37.8 Å². The van der Waals surface area contributed by atoms with Crippen LogP contribution in [0, 0.1) is 0 Å². The van der Waals surface area contributed by atoms with E-state index in [1.165, 1.54) is 18.2 Å². The molecule has 3 aromatic carbocycles. The number of H-pyrrole nitrogens is 1. The Morgan fingerprint density at radius 2 is 1.51 bits per heavy atom. The van der Waals surface area contributed by atoms with Crippen LogP contribution in [0.15, 0.2) is 78.9 Å². The molecule has 0 aliphatic rings. The van der Waals surface area contributed by atoms with Crippen LogP contribution in [-0.2, 0) is 31.9 Å². The number of rotatable bonds is 11. The first-order valence-corrected chi connectivity index (χ1v) is 12.7. The summed E-state index contributed by atoms with van der Waals surface area (Å²) in [7, 11) is -3.76. The van der Waals surface area contributed by atoms with E-state index < -0.39 is 28.1 Å². The molecule has 0 fully saturated rings. The number of carbonyl (C=O) groups excluding carboxylic acids is 1. The normalized spacial score (nSPS) is 11.5. The minimum Gasteiger partial charge on any atom is -0.478 e. The summed E-state index contributed by atoms with van der Waals surface area (Å²) in [6.45, 7) is -0.221. The maximum Gasteiger partial charge on any atom is 0.356 e. The van der Waals surface area contributed by atoms with Gasteiger partial charge >= 0.3 is 11.9 Å². The van der Waals surface area contributed by atoms with Gasteiger partial charge in [-0.25, -0.2) is 22.7 Å². The molecule has 4 rings (SSSR count). The first kappa shape index (κ1) is 25.6. The summed E-state index contributed by atoms with van der Waals surface area (Å²) < 4.78 is 33.0. The largest absolute Gasteiger partial charge is 0.478 e. The predicted molar refractivity (Wildman–Crippen MR) is 134 cm³/mol. The summed E-state index contributed by atoms with van der Waals surface area (Å²) in [5.41, 5.74) is 1.83. The van der Waals surface area contributed by atoms with Crippen LogP contribution in [0.3, 0.4) is 0 Å². The Bertz CT molecular complexity index is 1550. The van der Waals surface area contributed by atoms with E-state index in [0.29, 0.717) is 22.0 Å². The van der Waals surface area contributed by atoms with Gasteiger partial charge in [0.15, 0.2) is 5.78 Å². The highest BCUT2D eigenvalue weighted by atomic mass is 32.2. The van der Waals surface area contributed by atoms with Gasteiger partial charge in [0.1, 0.15) is 5.75 Å². The Labute approximate surface area is 211 Å². The number of hydrogen-bond acceptors (Lipinski definition) is 6. The van der Waals surface area contributed by atoms with Crippen molar-refractivity contribution >= 4 is 38.6 Å². The first-order valence-electron chi connectivity index (χ1n) is 11.0. The molecule has 0 unspecified atom stereocenters. The van der Waals surface area contributed by atoms with Crippen molar-refractivity contribution in [2.45, 2.75) is 18.4 Å². The molecule has 0 amide bonds. The lowest BCUT2D eigenvalue weighted by Gasteiger charge is -2.10. The van der Waals surface area contributed by atoms with Crippen molar-refractivity contribution in [3.63, 3.8) is 0 Å². The van der Waals surface area contributed by atoms with Crippen LogP contribution >= 0.6 is 0 Å². The van der Waals surface area contributed by atoms with Gasteiger partial charge in [0, 0.05) is 22.7 Å². The molecule has 11 heteroatoms. The summed E-state index contributed by atoms with van der Waals surface area (Å²) in [6, 6.07) is 21.2. The molecule has 10 nitrogen and oxygen atoms in total. The SMILES string of the molecule is O=C(c1ccccc1)c1c(CNS(=O)(=O)Cc2ccccc2)[nH]c2cc(OC(C(=O)O)C(=O)O)ccc12. The monoisotopic (exact) mass is 522 g/mol. The van der Waals surface area contributed by atoms with Crippen molar-refractivity contribution in [2.24, 2.45) is 0 Å². The van der Waals surface area contributed by atoms with Gasteiger partial charge in [0.05, 0.1) is 23.4 Å². The third-order valence-electron chi connectivity index (χ3n) is 5.48. The van der Waals surface area contributed by atoms with E-state index in [9.17, 15) is 22.8 Å². The number of benzene rings is 3. The van der Waals surface area contributed by atoms with E-state index in [2.05, 4.69) is 9.71 Å². The molecular formula is C26H22N2O8S. The number of carboxylic acid groups (broad SMARTS) is 2. The zero-order chi connectivity index (χ0) is 26.6. The molecule has 0 spiro atoms. The lowest BCUT2D eigenvalue weighted by Crippen LogP contribution is -2.35. The summed E-state index contributed by atoms with van der Waals surface area (Å²) in [5, 5.41) is 18.6. The number of fused-ring (bicyclic) bond motifs is 1. The summed E-state index contributed by atoms with van der Waals surface area (Å²) >= 11 is 0. The molecule has 0 bridgehead atoms. The number of carboxylic acids is 2. The van der Waals surface area contributed by atoms with Crippen molar-refractivity contribution in [2.75, 3.05) is 0 Å². The van der Waals surface area contributed by atoms with Gasteiger partial charge in [-0.05, 0) is 17.7 Å². The standard InChI is InChI=1S/C26H22N2O8S/c29-23(17-9-5-2-6-10-17)22-19-12-11-18(36-24(25(30)31)26(32)33)13-20(19)28-21(22)14-27-37(34,35)15-16-7-3-1-4-8-16/h1-13,24,27-28H,14-15H2,(H,30,31)(H,32,33). The molecule has 0 aliphatic carbocycles. The molecule has 190 valence electrons. The summed E-state index contributed by atoms with van der Waals surface area (Å²) in [6.07, 6.45) is -2.12. The minimum atomic E-state index is -3.76. The van der Waals surface area contributed by atoms with E-state index in [1.54, 1.807) is 60.7 Å². The molecule has 1 aromatic heterocycles. The zero-order valence-corrected chi connectivity index (χ0v) is 20.1. The van der Waals surface area contributed by atoms with Crippen molar-refractivity contribution in [3.8, 4) is 5.75 Å². The van der Waals surface area contributed by atoms with Crippen LogP contribution in [0.5, 0.6) is 5.75 Å². The van der Waals surface area contributed by atoms with Crippen LogP contribution < -0.4 is 9.46 Å². The van der Waals surface area contributed by atoms with E-state index in [4.69, 9.17) is 14.9 Å².